The second-order valence-electron chi connectivity index (χ2n) is 4.76. The second kappa shape index (κ2) is 9.98. The van der Waals surface area contributed by atoms with Crippen molar-refractivity contribution in [2.45, 2.75) is 26.2 Å². The molecule has 0 fully saturated rings. The van der Waals surface area contributed by atoms with Crippen molar-refractivity contribution < 1.29 is 14.6 Å². The van der Waals surface area contributed by atoms with Crippen LogP contribution in [-0.2, 0) is 4.74 Å². The van der Waals surface area contributed by atoms with Crippen molar-refractivity contribution in [3.8, 4) is 11.8 Å². The molecule has 0 unspecified atom stereocenters. The first-order valence-electron chi connectivity index (χ1n) is 7.16. The van der Waals surface area contributed by atoms with Crippen LogP contribution < -0.4 is 5.32 Å². The van der Waals surface area contributed by atoms with Gasteiger partial charge in [0.1, 0.15) is 0 Å². The lowest BCUT2D eigenvalue weighted by Gasteiger charge is -2.07. The Bertz CT molecular complexity index is 515. The molecule has 21 heavy (non-hydrogen) atoms. The molecular formula is C17H23NO3. The van der Waals surface area contributed by atoms with Crippen LogP contribution in [0.1, 0.15) is 40.7 Å². The van der Waals surface area contributed by atoms with Gasteiger partial charge < -0.3 is 15.2 Å². The van der Waals surface area contributed by atoms with Gasteiger partial charge in [-0.1, -0.05) is 11.8 Å². The van der Waals surface area contributed by atoms with E-state index in [-0.39, 0.29) is 12.5 Å². The lowest BCUT2D eigenvalue weighted by molar-refractivity contribution is 0.0951. The summed E-state index contributed by atoms with van der Waals surface area (Å²) in [6.45, 7) is 3.36. The number of benzene rings is 1. The predicted octanol–water partition coefficient (Wildman–Crippen LogP) is 1.89. The van der Waals surface area contributed by atoms with Crippen LogP contribution in [0.2, 0.25) is 0 Å². The summed E-state index contributed by atoms with van der Waals surface area (Å²) < 4.78 is 4.96. The Labute approximate surface area is 126 Å². The van der Waals surface area contributed by atoms with E-state index >= 15 is 0 Å². The fourth-order valence-electron chi connectivity index (χ4n) is 1.83. The fraction of sp³-hybridized carbons (Fsp3) is 0.471. The second-order valence-corrected chi connectivity index (χ2v) is 4.76. The molecule has 0 aliphatic heterocycles. The molecule has 0 aliphatic rings. The summed E-state index contributed by atoms with van der Waals surface area (Å²) in [4.78, 5) is 12.0. The molecule has 0 aliphatic carbocycles. The Morgan fingerprint density at radius 3 is 2.86 bits per heavy atom. The van der Waals surface area contributed by atoms with Crippen molar-refractivity contribution in [2.24, 2.45) is 0 Å². The minimum absolute atomic E-state index is 0.0645. The molecule has 1 aromatic rings. The van der Waals surface area contributed by atoms with E-state index in [0.29, 0.717) is 18.5 Å². The molecule has 1 rings (SSSR count). The average molecular weight is 289 g/mol. The quantitative estimate of drug-likeness (QED) is 0.595. The van der Waals surface area contributed by atoms with Gasteiger partial charge in [0.25, 0.3) is 5.91 Å². The molecular weight excluding hydrogens is 266 g/mol. The molecule has 114 valence electrons. The molecule has 4 nitrogen and oxygen atoms in total. The lowest BCUT2D eigenvalue weighted by atomic mass is 10.0. The highest BCUT2D eigenvalue weighted by atomic mass is 16.5. The van der Waals surface area contributed by atoms with E-state index in [4.69, 9.17) is 9.84 Å². The fourth-order valence-corrected chi connectivity index (χ4v) is 1.83. The molecule has 0 radical (unpaired) electrons. The maximum Gasteiger partial charge on any atom is 0.251 e. The monoisotopic (exact) mass is 289 g/mol. The number of aliphatic hydroxyl groups excluding tert-OH is 1. The third-order valence-corrected chi connectivity index (χ3v) is 3.01. The van der Waals surface area contributed by atoms with Gasteiger partial charge in [0, 0.05) is 37.8 Å². The smallest absolute Gasteiger partial charge is 0.251 e. The zero-order chi connectivity index (χ0) is 15.5. The largest absolute Gasteiger partial charge is 0.395 e. The normalized spacial score (nSPS) is 9.86. The Balaban J connectivity index is 2.54. The minimum Gasteiger partial charge on any atom is -0.395 e. The van der Waals surface area contributed by atoms with Crippen LogP contribution in [0.5, 0.6) is 0 Å². The van der Waals surface area contributed by atoms with Gasteiger partial charge in [0.2, 0.25) is 0 Å². The summed E-state index contributed by atoms with van der Waals surface area (Å²) in [5, 5.41) is 11.6. The number of aliphatic hydroxyl groups is 1. The van der Waals surface area contributed by atoms with Gasteiger partial charge in [-0.05, 0) is 43.5 Å². The van der Waals surface area contributed by atoms with Crippen molar-refractivity contribution in [1.29, 1.82) is 0 Å². The van der Waals surface area contributed by atoms with E-state index in [9.17, 15) is 4.79 Å². The number of nitrogens with one attached hydrogen (secondary N) is 1. The van der Waals surface area contributed by atoms with Gasteiger partial charge in [0.05, 0.1) is 6.61 Å². The number of carbonyl (C=O) groups excluding carboxylic acids is 1. The number of carbonyl (C=O) groups is 1. The molecule has 0 saturated carbocycles. The number of rotatable bonds is 7. The maximum absolute atomic E-state index is 12.0. The van der Waals surface area contributed by atoms with Gasteiger partial charge in [-0.15, -0.1) is 0 Å². The van der Waals surface area contributed by atoms with Crippen molar-refractivity contribution in [3.05, 3.63) is 34.9 Å². The number of methoxy groups -OCH3 is 1. The van der Waals surface area contributed by atoms with Gasteiger partial charge >= 0.3 is 0 Å². The summed E-state index contributed by atoms with van der Waals surface area (Å²) in [7, 11) is 1.67. The van der Waals surface area contributed by atoms with Crippen LogP contribution in [0.25, 0.3) is 0 Å². The number of hydrogen-bond acceptors (Lipinski definition) is 3. The van der Waals surface area contributed by atoms with E-state index in [0.717, 1.165) is 30.6 Å². The van der Waals surface area contributed by atoms with Crippen LogP contribution in [0.3, 0.4) is 0 Å². The number of hydrogen-bond donors (Lipinski definition) is 2. The highest BCUT2D eigenvalue weighted by molar-refractivity contribution is 5.94. The Morgan fingerprint density at radius 1 is 1.38 bits per heavy atom. The van der Waals surface area contributed by atoms with Crippen LogP contribution in [0.15, 0.2) is 18.2 Å². The van der Waals surface area contributed by atoms with Crippen molar-refractivity contribution in [1.82, 2.24) is 5.32 Å². The molecule has 4 heteroatoms. The van der Waals surface area contributed by atoms with E-state index in [1.165, 1.54) is 0 Å². The summed E-state index contributed by atoms with van der Waals surface area (Å²) in [6.07, 6.45) is 2.31. The Morgan fingerprint density at radius 2 is 2.19 bits per heavy atom. The first kappa shape index (κ1) is 17.2. The van der Waals surface area contributed by atoms with Crippen LogP contribution in [0, 0.1) is 18.8 Å². The molecule has 0 saturated heterocycles. The Hall–Kier alpha value is -1.83. The number of unbranched alkanes of at least 4 members (excludes halogenated alkanes) is 1. The summed E-state index contributed by atoms with van der Waals surface area (Å²) >= 11 is 0. The lowest BCUT2D eigenvalue weighted by Crippen LogP contribution is -2.24. The van der Waals surface area contributed by atoms with Crippen molar-refractivity contribution >= 4 is 5.91 Å². The number of ether oxygens (including phenoxy) is 1. The minimum atomic E-state index is -0.0645. The van der Waals surface area contributed by atoms with Gasteiger partial charge in [-0.25, -0.2) is 0 Å². The third-order valence-electron chi connectivity index (χ3n) is 3.01. The highest BCUT2D eigenvalue weighted by Gasteiger charge is 2.06. The molecule has 0 heterocycles. The highest BCUT2D eigenvalue weighted by Crippen LogP contribution is 2.10. The summed E-state index contributed by atoms with van der Waals surface area (Å²) in [6, 6.07) is 5.47. The molecule has 0 aromatic heterocycles. The van der Waals surface area contributed by atoms with Crippen LogP contribution in [-0.4, -0.2) is 37.9 Å². The number of amides is 1. The van der Waals surface area contributed by atoms with Gasteiger partial charge in [0.15, 0.2) is 0 Å². The summed E-state index contributed by atoms with van der Waals surface area (Å²) in [5.74, 6) is 5.81. The average Bonchev–Trinajstić information content (AvgIpc) is 2.48. The van der Waals surface area contributed by atoms with Crippen LogP contribution in [0.4, 0.5) is 0 Å². The Kier molecular flexibility index (Phi) is 8.18. The molecule has 1 aromatic carbocycles. The molecule has 0 spiro atoms. The molecule has 2 N–H and O–H groups in total. The van der Waals surface area contributed by atoms with Crippen molar-refractivity contribution in [3.63, 3.8) is 0 Å². The SMILES string of the molecule is COCCCCNC(=O)c1ccc(C#CCCO)c(C)c1. The van der Waals surface area contributed by atoms with E-state index in [2.05, 4.69) is 17.2 Å². The van der Waals surface area contributed by atoms with E-state index < -0.39 is 0 Å². The van der Waals surface area contributed by atoms with Crippen molar-refractivity contribution in [2.75, 3.05) is 26.9 Å². The first-order chi connectivity index (χ1) is 10.2. The predicted molar refractivity (Wildman–Crippen MR) is 83.2 cm³/mol. The van der Waals surface area contributed by atoms with E-state index in [1.54, 1.807) is 13.2 Å². The molecule has 0 atom stereocenters. The standard InChI is InChI=1S/C17H23NO3/c1-14-13-16(9-8-15(14)7-3-5-11-19)17(20)18-10-4-6-12-21-2/h8-9,13,19H,4-6,10-12H2,1-2H3,(H,18,20). The number of aryl methyl sites for hydroxylation is 1. The van der Waals surface area contributed by atoms with Crippen LogP contribution >= 0.6 is 0 Å². The van der Waals surface area contributed by atoms with Gasteiger partial charge in [-0.3, -0.25) is 4.79 Å². The zero-order valence-electron chi connectivity index (χ0n) is 12.7. The molecule has 1 amide bonds. The maximum atomic E-state index is 12.0. The van der Waals surface area contributed by atoms with Gasteiger partial charge in [-0.2, -0.15) is 0 Å². The van der Waals surface area contributed by atoms with E-state index in [1.807, 2.05) is 19.1 Å². The first-order valence-corrected chi connectivity index (χ1v) is 7.16. The zero-order valence-corrected chi connectivity index (χ0v) is 12.7. The molecule has 0 bridgehead atoms. The summed E-state index contributed by atoms with van der Waals surface area (Å²) in [5.41, 5.74) is 2.50. The topological polar surface area (TPSA) is 58.6 Å². The third kappa shape index (κ3) is 6.44.